The molecule has 1 aromatic rings. The van der Waals surface area contributed by atoms with E-state index in [0.717, 1.165) is 44.1 Å². The van der Waals surface area contributed by atoms with Gasteiger partial charge in [-0.05, 0) is 31.7 Å². The predicted octanol–water partition coefficient (Wildman–Crippen LogP) is 3.47. The molecule has 0 fully saturated rings. The quantitative estimate of drug-likeness (QED) is 0.813. The Hall–Kier alpha value is -2.01. The van der Waals surface area contributed by atoms with Crippen molar-refractivity contribution in [1.82, 2.24) is 0 Å². The van der Waals surface area contributed by atoms with Gasteiger partial charge in [-0.2, -0.15) is 0 Å². The summed E-state index contributed by atoms with van der Waals surface area (Å²) in [5.74, 6) is -0.933. The summed E-state index contributed by atoms with van der Waals surface area (Å²) in [7, 11) is 0. The maximum atomic E-state index is 12.8. The maximum Gasteiger partial charge on any atom is 0.306 e. The number of ketones is 2. The second-order valence-corrected chi connectivity index (χ2v) is 7.07. The molecule has 0 aromatic heterocycles. The van der Waals surface area contributed by atoms with Crippen LogP contribution in [0.25, 0.3) is 0 Å². The molecule has 2 atom stereocenters. The molecule has 0 spiro atoms. The van der Waals surface area contributed by atoms with E-state index in [1.165, 1.54) is 6.92 Å². The van der Waals surface area contributed by atoms with Crippen LogP contribution in [-0.2, 0) is 25.5 Å². The van der Waals surface area contributed by atoms with Crippen molar-refractivity contribution in [2.45, 2.75) is 76.9 Å². The number of aliphatic hydroxyl groups excluding tert-OH is 1. The van der Waals surface area contributed by atoms with Gasteiger partial charge in [0.05, 0.1) is 6.10 Å². The average molecular weight is 360 g/mol. The van der Waals surface area contributed by atoms with Crippen molar-refractivity contribution in [3.05, 3.63) is 35.4 Å². The first-order valence-corrected chi connectivity index (χ1v) is 9.45. The third kappa shape index (κ3) is 6.37. The number of esters is 1. The molecule has 0 saturated heterocycles. The number of benzene rings is 1. The van der Waals surface area contributed by atoms with Crippen LogP contribution in [0.15, 0.2) is 24.3 Å². The van der Waals surface area contributed by atoms with Crippen molar-refractivity contribution < 1.29 is 24.2 Å². The van der Waals surface area contributed by atoms with Gasteiger partial charge in [-0.15, -0.1) is 0 Å². The monoisotopic (exact) mass is 360 g/mol. The van der Waals surface area contributed by atoms with Crippen molar-refractivity contribution in [1.29, 1.82) is 0 Å². The highest BCUT2D eigenvalue weighted by molar-refractivity contribution is 5.88. The van der Waals surface area contributed by atoms with Crippen molar-refractivity contribution in [2.75, 3.05) is 0 Å². The molecule has 1 aromatic carbocycles. The highest BCUT2D eigenvalue weighted by atomic mass is 16.5. The summed E-state index contributed by atoms with van der Waals surface area (Å²) in [6.45, 7) is 1.37. The second kappa shape index (κ2) is 10.2. The fourth-order valence-electron chi connectivity index (χ4n) is 3.37. The van der Waals surface area contributed by atoms with Gasteiger partial charge in [-0.1, -0.05) is 43.5 Å². The number of cyclic esters (lactones) is 1. The van der Waals surface area contributed by atoms with E-state index in [9.17, 15) is 19.5 Å². The van der Waals surface area contributed by atoms with Crippen molar-refractivity contribution in [3.8, 4) is 0 Å². The van der Waals surface area contributed by atoms with Gasteiger partial charge in [0.25, 0.3) is 0 Å². The van der Waals surface area contributed by atoms with Crippen LogP contribution in [0.4, 0.5) is 0 Å². The van der Waals surface area contributed by atoms with Gasteiger partial charge in [0, 0.05) is 24.8 Å². The Morgan fingerprint density at radius 3 is 2.46 bits per heavy atom. The van der Waals surface area contributed by atoms with E-state index < -0.39 is 12.2 Å². The van der Waals surface area contributed by atoms with Crippen LogP contribution in [0.2, 0.25) is 0 Å². The minimum atomic E-state index is -1.05. The normalized spacial score (nSPS) is 20.1. The standard InChI is InChI=1S/C21H28O5/c1-15(22)13-17(23)14-19(24)21-18-11-8-7-10-16(18)9-5-3-2-4-6-12-20(25)26-21/h7-8,10-11,17,21,23H,2-6,9,12-14H2,1H3/t17-,21-/m0/s1. The third-order valence-electron chi connectivity index (χ3n) is 4.67. The summed E-state index contributed by atoms with van der Waals surface area (Å²) in [6, 6.07) is 7.51. The van der Waals surface area contributed by atoms with Crippen LogP contribution in [0.5, 0.6) is 0 Å². The zero-order valence-electron chi connectivity index (χ0n) is 15.4. The fourth-order valence-corrected chi connectivity index (χ4v) is 3.37. The first-order chi connectivity index (χ1) is 12.5. The van der Waals surface area contributed by atoms with Crippen molar-refractivity contribution in [3.63, 3.8) is 0 Å². The van der Waals surface area contributed by atoms with E-state index in [1.54, 1.807) is 0 Å². The van der Waals surface area contributed by atoms with Gasteiger partial charge >= 0.3 is 5.97 Å². The van der Waals surface area contributed by atoms with E-state index in [2.05, 4.69) is 0 Å². The molecule has 5 nitrogen and oxygen atoms in total. The molecule has 0 amide bonds. The number of aryl methyl sites for hydroxylation is 1. The first kappa shape index (κ1) is 20.3. The number of carbonyl (C=O) groups is 3. The summed E-state index contributed by atoms with van der Waals surface area (Å²) in [6.07, 6.45) is 3.73. The number of carbonyl (C=O) groups excluding carboxylic acids is 3. The molecule has 0 aliphatic carbocycles. The Bertz CT molecular complexity index is 637. The Morgan fingerprint density at radius 2 is 1.73 bits per heavy atom. The minimum absolute atomic E-state index is 0.0753. The molecule has 1 N–H and O–H groups in total. The molecule has 2 rings (SSSR count). The van der Waals surface area contributed by atoms with Crippen LogP contribution in [-0.4, -0.2) is 28.7 Å². The van der Waals surface area contributed by atoms with Crippen LogP contribution in [0.1, 0.15) is 75.5 Å². The lowest BCUT2D eigenvalue weighted by atomic mass is 9.92. The molecule has 5 heteroatoms. The maximum absolute atomic E-state index is 12.8. The number of fused-ring (bicyclic) bond motifs is 1. The van der Waals surface area contributed by atoms with Gasteiger partial charge in [0.2, 0.25) is 0 Å². The summed E-state index contributed by atoms with van der Waals surface area (Å²) in [5, 5.41) is 9.96. The molecule has 1 aliphatic heterocycles. The lowest BCUT2D eigenvalue weighted by Crippen LogP contribution is -2.26. The third-order valence-corrected chi connectivity index (χ3v) is 4.67. The average Bonchev–Trinajstić information content (AvgIpc) is 2.57. The number of ether oxygens (including phenoxy) is 1. The van der Waals surface area contributed by atoms with Crippen molar-refractivity contribution in [2.24, 2.45) is 0 Å². The Balaban J connectivity index is 2.25. The number of hydrogen-bond donors (Lipinski definition) is 1. The SMILES string of the molecule is CC(=O)C[C@H](O)CC(=O)[C@H]1OC(=O)CCCCCCCc2ccccc21. The lowest BCUT2D eigenvalue weighted by molar-refractivity contribution is -0.156. The zero-order valence-corrected chi connectivity index (χ0v) is 15.4. The molecule has 0 bridgehead atoms. The van der Waals surface area contributed by atoms with E-state index in [4.69, 9.17) is 4.74 Å². The summed E-state index contributed by atoms with van der Waals surface area (Å²) < 4.78 is 5.53. The zero-order chi connectivity index (χ0) is 18.9. The molecule has 0 radical (unpaired) electrons. The Morgan fingerprint density at radius 1 is 1.08 bits per heavy atom. The van der Waals surface area contributed by atoms with E-state index in [0.29, 0.717) is 12.0 Å². The molecule has 142 valence electrons. The van der Waals surface area contributed by atoms with E-state index >= 15 is 0 Å². The van der Waals surface area contributed by atoms with Crippen LogP contribution in [0, 0.1) is 0 Å². The van der Waals surface area contributed by atoms with E-state index in [-0.39, 0.29) is 30.4 Å². The summed E-state index contributed by atoms with van der Waals surface area (Å²) >= 11 is 0. The van der Waals surface area contributed by atoms with Crippen LogP contribution < -0.4 is 0 Å². The smallest absolute Gasteiger partial charge is 0.306 e. The topological polar surface area (TPSA) is 80.7 Å². The molecule has 0 unspecified atom stereocenters. The molecule has 1 aliphatic rings. The van der Waals surface area contributed by atoms with Crippen molar-refractivity contribution >= 4 is 17.5 Å². The first-order valence-electron chi connectivity index (χ1n) is 9.45. The second-order valence-electron chi connectivity index (χ2n) is 7.07. The number of rotatable bonds is 5. The molecular formula is C21H28O5. The van der Waals surface area contributed by atoms with Crippen LogP contribution >= 0.6 is 0 Å². The fraction of sp³-hybridized carbons (Fsp3) is 0.571. The lowest BCUT2D eigenvalue weighted by Gasteiger charge is -2.22. The summed E-state index contributed by atoms with van der Waals surface area (Å²) in [5.41, 5.74) is 1.70. The minimum Gasteiger partial charge on any atom is -0.449 e. The molecular weight excluding hydrogens is 332 g/mol. The van der Waals surface area contributed by atoms with Gasteiger partial charge in [-0.25, -0.2) is 0 Å². The highest BCUT2D eigenvalue weighted by Gasteiger charge is 2.28. The predicted molar refractivity (Wildman–Crippen MR) is 97.6 cm³/mol. The van der Waals surface area contributed by atoms with Gasteiger partial charge in [0.1, 0.15) is 5.78 Å². The number of Topliss-reactive ketones (excluding diaryl/α,β-unsaturated/α-hetero) is 2. The molecule has 0 saturated carbocycles. The van der Waals surface area contributed by atoms with Gasteiger partial charge in [0.15, 0.2) is 11.9 Å². The molecule has 1 heterocycles. The summed E-state index contributed by atoms with van der Waals surface area (Å²) in [4.78, 5) is 36.1. The molecule has 26 heavy (non-hydrogen) atoms. The Labute approximate surface area is 154 Å². The number of aliphatic hydroxyl groups is 1. The van der Waals surface area contributed by atoms with E-state index in [1.807, 2.05) is 24.3 Å². The highest BCUT2D eigenvalue weighted by Crippen LogP contribution is 2.27. The number of hydrogen-bond acceptors (Lipinski definition) is 5. The Kier molecular flexibility index (Phi) is 7.98. The van der Waals surface area contributed by atoms with Crippen LogP contribution in [0.3, 0.4) is 0 Å². The van der Waals surface area contributed by atoms with Gasteiger partial charge in [-0.3, -0.25) is 14.4 Å². The largest absolute Gasteiger partial charge is 0.449 e. The van der Waals surface area contributed by atoms with Gasteiger partial charge < -0.3 is 9.84 Å².